The average Bonchev–Trinajstić information content (AvgIpc) is 2.63. The number of rotatable bonds is 2. The van der Waals surface area contributed by atoms with Gasteiger partial charge in [0.25, 0.3) is 0 Å². The second-order valence-electron chi connectivity index (χ2n) is 6.79. The van der Waals surface area contributed by atoms with Crippen LogP contribution in [0.4, 0.5) is 10.5 Å². The second kappa shape index (κ2) is 7.27. The SMILES string of the molecule is Cc1cc(-c2cccc(Cl)c2)ccc1NC(=O)N1CC2COCC(C1)O2. The maximum Gasteiger partial charge on any atom is 0.322 e. The van der Waals surface area contributed by atoms with Gasteiger partial charge >= 0.3 is 6.03 Å². The number of anilines is 1. The van der Waals surface area contributed by atoms with Crippen LogP contribution in [0, 0.1) is 6.92 Å². The van der Waals surface area contributed by atoms with Crippen molar-refractivity contribution in [1.82, 2.24) is 4.90 Å². The van der Waals surface area contributed by atoms with Crippen molar-refractivity contribution in [3.05, 3.63) is 53.1 Å². The number of hydrogen-bond donors (Lipinski definition) is 1. The molecule has 2 amide bonds. The van der Waals surface area contributed by atoms with E-state index in [0.29, 0.717) is 31.3 Å². The molecule has 2 atom stereocenters. The number of carbonyl (C=O) groups is 1. The molecular weight excluding hydrogens is 352 g/mol. The molecule has 2 aromatic carbocycles. The van der Waals surface area contributed by atoms with Gasteiger partial charge in [-0.1, -0.05) is 29.8 Å². The number of hydrogen-bond acceptors (Lipinski definition) is 3. The third kappa shape index (κ3) is 3.70. The molecule has 1 N–H and O–H groups in total. The Morgan fingerprint density at radius 1 is 1.12 bits per heavy atom. The molecule has 2 saturated heterocycles. The normalized spacial score (nSPS) is 22.2. The van der Waals surface area contributed by atoms with Crippen molar-refractivity contribution in [3.63, 3.8) is 0 Å². The molecule has 26 heavy (non-hydrogen) atoms. The van der Waals surface area contributed by atoms with E-state index in [-0.39, 0.29) is 18.2 Å². The molecule has 2 aliphatic rings. The number of nitrogens with one attached hydrogen (secondary N) is 1. The third-order valence-electron chi connectivity index (χ3n) is 4.75. The molecule has 0 aliphatic carbocycles. The molecule has 2 aromatic rings. The minimum atomic E-state index is -0.0937. The summed E-state index contributed by atoms with van der Waals surface area (Å²) in [5.74, 6) is 0. The Kier molecular flexibility index (Phi) is 4.85. The van der Waals surface area contributed by atoms with Crippen LogP contribution in [0.1, 0.15) is 5.56 Å². The van der Waals surface area contributed by atoms with E-state index in [1.54, 1.807) is 0 Å². The molecule has 0 radical (unpaired) electrons. The summed E-state index contributed by atoms with van der Waals surface area (Å²) >= 11 is 6.08. The lowest BCUT2D eigenvalue weighted by Gasteiger charge is -2.41. The summed E-state index contributed by atoms with van der Waals surface area (Å²) in [5.41, 5.74) is 3.95. The summed E-state index contributed by atoms with van der Waals surface area (Å²) in [6.07, 6.45) is -0.0564. The monoisotopic (exact) mass is 372 g/mol. The fraction of sp³-hybridized carbons (Fsp3) is 0.350. The number of urea groups is 1. The highest BCUT2D eigenvalue weighted by Crippen LogP contribution is 2.27. The van der Waals surface area contributed by atoms with Crippen molar-refractivity contribution in [2.45, 2.75) is 19.1 Å². The lowest BCUT2D eigenvalue weighted by Crippen LogP contribution is -2.56. The molecular formula is C20H21ClN2O3. The van der Waals surface area contributed by atoms with Crippen molar-refractivity contribution in [2.75, 3.05) is 31.6 Å². The van der Waals surface area contributed by atoms with Gasteiger partial charge in [-0.3, -0.25) is 0 Å². The van der Waals surface area contributed by atoms with E-state index >= 15 is 0 Å². The van der Waals surface area contributed by atoms with Gasteiger partial charge in [0.05, 0.1) is 38.5 Å². The molecule has 2 aliphatic heterocycles. The van der Waals surface area contributed by atoms with Crippen LogP contribution in [0.15, 0.2) is 42.5 Å². The van der Waals surface area contributed by atoms with E-state index in [1.165, 1.54) is 0 Å². The predicted molar refractivity (Wildman–Crippen MR) is 102 cm³/mol. The Bertz CT molecular complexity index is 814. The standard InChI is InChI=1S/C20H21ClN2O3/c1-13-7-15(14-3-2-4-16(21)8-14)5-6-19(13)22-20(24)23-9-17-11-25-12-18(10-23)26-17/h2-8,17-18H,9-12H2,1H3,(H,22,24). The number of fused-ring (bicyclic) bond motifs is 2. The Morgan fingerprint density at radius 3 is 2.54 bits per heavy atom. The summed E-state index contributed by atoms with van der Waals surface area (Å²) in [7, 11) is 0. The predicted octanol–water partition coefficient (Wildman–Crippen LogP) is 3.95. The van der Waals surface area contributed by atoms with E-state index < -0.39 is 0 Å². The maximum atomic E-state index is 12.7. The molecule has 0 saturated carbocycles. The van der Waals surface area contributed by atoms with Crippen molar-refractivity contribution in [1.29, 1.82) is 0 Å². The van der Waals surface area contributed by atoms with Crippen molar-refractivity contribution in [2.24, 2.45) is 0 Å². The van der Waals surface area contributed by atoms with E-state index in [2.05, 4.69) is 11.4 Å². The molecule has 2 unspecified atom stereocenters. The van der Waals surface area contributed by atoms with Gasteiger partial charge in [0, 0.05) is 10.7 Å². The van der Waals surface area contributed by atoms with Gasteiger partial charge in [0.2, 0.25) is 0 Å². The first-order valence-electron chi connectivity index (χ1n) is 8.74. The number of aryl methyl sites for hydroxylation is 1. The molecule has 6 heteroatoms. The van der Waals surface area contributed by atoms with Crippen LogP contribution in [-0.2, 0) is 9.47 Å². The Morgan fingerprint density at radius 2 is 1.85 bits per heavy atom. The molecule has 5 nitrogen and oxygen atoms in total. The highest BCUT2D eigenvalue weighted by Gasteiger charge is 2.34. The van der Waals surface area contributed by atoms with E-state index in [4.69, 9.17) is 21.1 Å². The van der Waals surface area contributed by atoms with Gasteiger partial charge in [-0.05, 0) is 47.9 Å². The summed E-state index contributed by atoms with van der Waals surface area (Å²) in [4.78, 5) is 14.5. The number of morpholine rings is 1. The largest absolute Gasteiger partial charge is 0.376 e. The molecule has 2 heterocycles. The summed E-state index contributed by atoms with van der Waals surface area (Å²) in [6, 6.07) is 13.6. The van der Waals surface area contributed by atoms with Gasteiger partial charge in [0.15, 0.2) is 0 Å². The maximum absolute atomic E-state index is 12.7. The highest BCUT2D eigenvalue weighted by molar-refractivity contribution is 6.30. The van der Waals surface area contributed by atoms with Gasteiger partial charge < -0.3 is 19.7 Å². The van der Waals surface area contributed by atoms with Crippen molar-refractivity contribution < 1.29 is 14.3 Å². The lowest BCUT2D eigenvalue weighted by atomic mass is 10.0. The fourth-order valence-electron chi connectivity index (χ4n) is 3.45. The third-order valence-corrected chi connectivity index (χ3v) is 4.99. The van der Waals surface area contributed by atoms with Gasteiger partial charge in [-0.2, -0.15) is 0 Å². The minimum Gasteiger partial charge on any atom is -0.376 e. The lowest BCUT2D eigenvalue weighted by molar-refractivity contribution is -0.170. The average molecular weight is 373 g/mol. The number of benzene rings is 2. The summed E-state index contributed by atoms with van der Waals surface area (Å²) < 4.78 is 11.3. The first kappa shape index (κ1) is 17.3. The Labute approximate surface area is 157 Å². The number of carbonyl (C=O) groups excluding carboxylic acids is 1. The first-order chi connectivity index (χ1) is 12.6. The second-order valence-corrected chi connectivity index (χ2v) is 7.23. The molecule has 0 spiro atoms. The van der Waals surface area contributed by atoms with Crippen LogP contribution < -0.4 is 5.32 Å². The van der Waals surface area contributed by atoms with E-state index in [9.17, 15) is 4.79 Å². The number of ether oxygens (including phenoxy) is 2. The van der Waals surface area contributed by atoms with Crippen LogP contribution in [0.5, 0.6) is 0 Å². The smallest absolute Gasteiger partial charge is 0.322 e. The number of nitrogens with zero attached hydrogens (tertiary/aromatic N) is 1. The van der Waals surface area contributed by atoms with E-state index in [1.807, 2.05) is 48.2 Å². The molecule has 136 valence electrons. The minimum absolute atomic E-state index is 0.0282. The zero-order chi connectivity index (χ0) is 18.1. The summed E-state index contributed by atoms with van der Waals surface area (Å²) in [6.45, 7) is 4.21. The quantitative estimate of drug-likeness (QED) is 0.868. The Hall–Kier alpha value is -2.08. The number of halogens is 1. The van der Waals surface area contributed by atoms with Gasteiger partial charge in [-0.15, -0.1) is 0 Å². The van der Waals surface area contributed by atoms with Gasteiger partial charge in [-0.25, -0.2) is 4.79 Å². The van der Waals surface area contributed by atoms with Crippen LogP contribution >= 0.6 is 11.6 Å². The van der Waals surface area contributed by atoms with Crippen LogP contribution in [0.2, 0.25) is 5.02 Å². The van der Waals surface area contributed by atoms with Gasteiger partial charge in [0.1, 0.15) is 0 Å². The molecule has 0 aromatic heterocycles. The molecule has 2 fully saturated rings. The van der Waals surface area contributed by atoms with Crippen LogP contribution in [0.3, 0.4) is 0 Å². The molecule has 4 rings (SSSR count). The van der Waals surface area contributed by atoms with Crippen molar-refractivity contribution in [3.8, 4) is 11.1 Å². The topological polar surface area (TPSA) is 50.8 Å². The van der Waals surface area contributed by atoms with Crippen LogP contribution in [0.25, 0.3) is 11.1 Å². The number of amides is 2. The first-order valence-corrected chi connectivity index (χ1v) is 9.12. The van der Waals surface area contributed by atoms with Crippen LogP contribution in [-0.4, -0.2) is 49.4 Å². The molecule has 2 bridgehead atoms. The van der Waals surface area contributed by atoms with Crippen molar-refractivity contribution >= 4 is 23.3 Å². The zero-order valence-electron chi connectivity index (χ0n) is 14.6. The fourth-order valence-corrected chi connectivity index (χ4v) is 3.64. The van der Waals surface area contributed by atoms with E-state index in [0.717, 1.165) is 22.4 Å². The Balaban J connectivity index is 1.47. The summed E-state index contributed by atoms with van der Waals surface area (Å²) in [5, 5.41) is 3.73. The zero-order valence-corrected chi connectivity index (χ0v) is 15.3. The highest BCUT2D eigenvalue weighted by atomic mass is 35.5.